The van der Waals surface area contributed by atoms with Crippen molar-refractivity contribution in [3.8, 4) is 0 Å². The molecule has 1 amide bonds. The van der Waals surface area contributed by atoms with Crippen molar-refractivity contribution in [3.05, 3.63) is 0 Å². The van der Waals surface area contributed by atoms with Crippen molar-refractivity contribution in [2.45, 2.75) is 38.4 Å². The van der Waals surface area contributed by atoms with Crippen LogP contribution in [-0.4, -0.2) is 48.1 Å². The van der Waals surface area contributed by atoms with E-state index in [4.69, 9.17) is 9.84 Å². The number of rotatable bonds is 4. The molecule has 106 valence electrons. The summed E-state index contributed by atoms with van der Waals surface area (Å²) in [7, 11) is 0. The number of unbranched alkanes of at least 4 members (excludes halogenated alkanes) is 1. The van der Waals surface area contributed by atoms with E-state index in [0.29, 0.717) is 6.42 Å². The molecule has 4 nitrogen and oxygen atoms in total. The minimum absolute atomic E-state index is 0.195. The molecule has 1 aliphatic rings. The normalized spacial score (nSPS) is 24.4. The predicted molar refractivity (Wildman–Crippen MR) is 58.0 cm³/mol. The third-order valence-electron chi connectivity index (χ3n) is 3.05. The molecule has 0 bridgehead atoms. The Balaban J connectivity index is 2.56. The van der Waals surface area contributed by atoms with E-state index in [2.05, 4.69) is 0 Å². The smallest absolute Gasteiger partial charge is 0.410 e. The quantitative estimate of drug-likeness (QED) is 0.796. The summed E-state index contributed by atoms with van der Waals surface area (Å²) in [6.07, 6.45) is -3.86. The maximum atomic E-state index is 12.6. The van der Waals surface area contributed by atoms with Crippen LogP contribution in [0.15, 0.2) is 0 Å². The van der Waals surface area contributed by atoms with E-state index >= 15 is 0 Å². The summed E-state index contributed by atoms with van der Waals surface area (Å²) in [6, 6.07) is -0.800. The van der Waals surface area contributed by atoms with Gasteiger partial charge >= 0.3 is 12.3 Å². The van der Waals surface area contributed by atoms with Crippen LogP contribution in [0.5, 0.6) is 0 Å². The van der Waals surface area contributed by atoms with E-state index in [1.54, 1.807) is 0 Å². The van der Waals surface area contributed by atoms with Gasteiger partial charge in [0.2, 0.25) is 0 Å². The SMILES string of the molecule is CCCCOC(=O)N1C[C@@H](C(F)(F)F)C[C@H]1CO. The molecule has 0 saturated carbocycles. The van der Waals surface area contributed by atoms with Crippen molar-refractivity contribution in [3.63, 3.8) is 0 Å². The van der Waals surface area contributed by atoms with E-state index in [-0.39, 0.29) is 13.0 Å². The van der Waals surface area contributed by atoms with Gasteiger partial charge in [-0.15, -0.1) is 0 Å². The fourth-order valence-electron chi connectivity index (χ4n) is 1.94. The number of ether oxygens (including phenoxy) is 1. The summed E-state index contributed by atoms with van der Waals surface area (Å²) >= 11 is 0. The van der Waals surface area contributed by atoms with Gasteiger partial charge in [0.05, 0.1) is 25.2 Å². The van der Waals surface area contributed by atoms with E-state index in [0.717, 1.165) is 11.3 Å². The van der Waals surface area contributed by atoms with E-state index in [1.165, 1.54) is 0 Å². The lowest BCUT2D eigenvalue weighted by Gasteiger charge is -2.22. The highest BCUT2D eigenvalue weighted by atomic mass is 19.4. The summed E-state index contributed by atoms with van der Waals surface area (Å²) in [6.45, 7) is 1.20. The number of aliphatic hydroxyl groups is 1. The highest BCUT2D eigenvalue weighted by molar-refractivity contribution is 5.68. The molecular formula is C11H18F3NO3. The first kappa shape index (κ1) is 15.1. The molecule has 0 aromatic heterocycles. The fraction of sp³-hybridized carbons (Fsp3) is 0.909. The second-order valence-corrected chi connectivity index (χ2v) is 4.43. The number of aliphatic hydroxyl groups excluding tert-OH is 1. The average molecular weight is 269 g/mol. The van der Waals surface area contributed by atoms with Crippen LogP contribution in [0.4, 0.5) is 18.0 Å². The number of likely N-dealkylation sites (tertiary alicyclic amines) is 1. The largest absolute Gasteiger partial charge is 0.449 e. The van der Waals surface area contributed by atoms with Gasteiger partial charge in [-0.25, -0.2) is 4.79 Å². The van der Waals surface area contributed by atoms with Crippen molar-refractivity contribution in [2.75, 3.05) is 19.8 Å². The molecule has 0 unspecified atom stereocenters. The van der Waals surface area contributed by atoms with Crippen LogP contribution >= 0.6 is 0 Å². The van der Waals surface area contributed by atoms with Crippen molar-refractivity contribution in [2.24, 2.45) is 5.92 Å². The van der Waals surface area contributed by atoms with Gasteiger partial charge in [0.1, 0.15) is 0 Å². The topological polar surface area (TPSA) is 49.8 Å². The van der Waals surface area contributed by atoms with E-state index < -0.39 is 37.4 Å². The fourth-order valence-corrected chi connectivity index (χ4v) is 1.94. The first-order valence-electron chi connectivity index (χ1n) is 6.01. The van der Waals surface area contributed by atoms with Gasteiger partial charge in [0.15, 0.2) is 0 Å². The average Bonchev–Trinajstić information content (AvgIpc) is 2.72. The standard InChI is InChI=1S/C11H18F3NO3/c1-2-3-4-18-10(17)15-6-8(11(12,13)14)5-9(15)7-16/h8-9,16H,2-7H2,1H3/t8-,9-/m0/s1. The molecule has 1 heterocycles. The van der Waals surface area contributed by atoms with Crippen LogP contribution in [0, 0.1) is 5.92 Å². The second kappa shape index (κ2) is 6.26. The molecule has 1 saturated heterocycles. The van der Waals surface area contributed by atoms with Crippen molar-refractivity contribution >= 4 is 6.09 Å². The number of carbonyl (C=O) groups is 1. The Kier molecular flexibility index (Phi) is 5.25. The summed E-state index contributed by atoms with van der Waals surface area (Å²) in [4.78, 5) is 12.6. The maximum Gasteiger partial charge on any atom is 0.410 e. The molecule has 0 aromatic carbocycles. The molecule has 0 aromatic rings. The number of carbonyl (C=O) groups excluding carboxylic acids is 1. The highest BCUT2D eigenvalue weighted by Crippen LogP contribution is 2.36. The van der Waals surface area contributed by atoms with Gasteiger partial charge < -0.3 is 14.7 Å². The molecule has 1 rings (SSSR count). The van der Waals surface area contributed by atoms with E-state index in [9.17, 15) is 18.0 Å². The Morgan fingerprint density at radius 1 is 1.50 bits per heavy atom. The Bertz CT molecular complexity index is 283. The third-order valence-corrected chi connectivity index (χ3v) is 3.05. The van der Waals surface area contributed by atoms with Crippen molar-refractivity contribution in [1.82, 2.24) is 4.90 Å². The molecule has 0 aliphatic carbocycles. The lowest BCUT2D eigenvalue weighted by atomic mass is 10.1. The monoisotopic (exact) mass is 269 g/mol. The van der Waals surface area contributed by atoms with Crippen LogP contribution < -0.4 is 0 Å². The first-order valence-corrected chi connectivity index (χ1v) is 6.01. The Morgan fingerprint density at radius 2 is 2.17 bits per heavy atom. The summed E-state index contributed by atoms with van der Waals surface area (Å²) in [5.74, 6) is -1.58. The molecule has 2 atom stereocenters. The van der Waals surface area contributed by atoms with Crippen LogP contribution in [-0.2, 0) is 4.74 Å². The van der Waals surface area contributed by atoms with Gasteiger partial charge in [-0.2, -0.15) is 13.2 Å². The Labute approximate surface area is 104 Å². The van der Waals surface area contributed by atoms with Gasteiger partial charge in [0.25, 0.3) is 0 Å². The number of halogens is 3. The number of hydrogen-bond acceptors (Lipinski definition) is 3. The Morgan fingerprint density at radius 3 is 2.67 bits per heavy atom. The molecule has 1 fully saturated rings. The number of alkyl halides is 3. The zero-order valence-electron chi connectivity index (χ0n) is 10.2. The number of nitrogens with zero attached hydrogens (tertiary/aromatic N) is 1. The summed E-state index contributed by atoms with van der Waals surface area (Å²) in [5, 5.41) is 9.02. The van der Waals surface area contributed by atoms with Crippen LogP contribution in [0.25, 0.3) is 0 Å². The predicted octanol–water partition coefficient (Wildman–Crippen LogP) is 2.17. The summed E-state index contributed by atoms with van der Waals surface area (Å²) in [5.41, 5.74) is 0. The number of hydrogen-bond donors (Lipinski definition) is 1. The highest BCUT2D eigenvalue weighted by Gasteiger charge is 2.48. The minimum atomic E-state index is -4.34. The van der Waals surface area contributed by atoms with Crippen LogP contribution in [0.2, 0.25) is 0 Å². The van der Waals surface area contributed by atoms with Crippen LogP contribution in [0.3, 0.4) is 0 Å². The van der Waals surface area contributed by atoms with Gasteiger partial charge in [-0.3, -0.25) is 0 Å². The van der Waals surface area contributed by atoms with Gasteiger partial charge in [-0.05, 0) is 12.8 Å². The zero-order valence-corrected chi connectivity index (χ0v) is 10.2. The molecule has 0 radical (unpaired) electrons. The molecule has 18 heavy (non-hydrogen) atoms. The lowest BCUT2D eigenvalue weighted by Crippen LogP contribution is -2.38. The molecular weight excluding hydrogens is 251 g/mol. The molecule has 1 aliphatic heterocycles. The van der Waals surface area contributed by atoms with Crippen LogP contribution in [0.1, 0.15) is 26.2 Å². The molecule has 7 heteroatoms. The third kappa shape index (κ3) is 3.76. The van der Waals surface area contributed by atoms with Gasteiger partial charge in [0, 0.05) is 6.54 Å². The minimum Gasteiger partial charge on any atom is -0.449 e. The summed E-state index contributed by atoms with van der Waals surface area (Å²) < 4.78 is 42.5. The lowest BCUT2D eigenvalue weighted by molar-refractivity contribution is -0.170. The van der Waals surface area contributed by atoms with Crippen molar-refractivity contribution < 1.29 is 27.8 Å². The molecule has 1 N–H and O–H groups in total. The zero-order chi connectivity index (χ0) is 13.8. The first-order chi connectivity index (χ1) is 8.40. The second-order valence-electron chi connectivity index (χ2n) is 4.43. The Hall–Kier alpha value is -0.980. The molecule has 0 spiro atoms. The van der Waals surface area contributed by atoms with E-state index in [1.807, 2.05) is 6.92 Å². The van der Waals surface area contributed by atoms with Gasteiger partial charge in [-0.1, -0.05) is 13.3 Å². The maximum absolute atomic E-state index is 12.6. The number of amides is 1. The van der Waals surface area contributed by atoms with Crippen molar-refractivity contribution in [1.29, 1.82) is 0 Å².